The van der Waals surface area contributed by atoms with Gasteiger partial charge in [-0.25, -0.2) is 0 Å². The highest BCUT2D eigenvalue weighted by Crippen LogP contribution is 2.38. The summed E-state index contributed by atoms with van der Waals surface area (Å²) < 4.78 is 17.2. The molecular weight excluding hydrogens is 322 g/mol. The molecule has 0 bridgehead atoms. The van der Waals surface area contributed by atoms with Crippen molar-refractivity contribution >= 4 is 15.9 Å². The fourth-order valence-electron chi connectivity index (χ4n) is 2.11. The predicted octanol–water partition coefficient (Wildman–Crippen LogP) is 3.76. The van der Waals surface area contributed by atoms with Gasteiger partial charge in [-0.3, -0.25) is 0 Å². The van der Waals surface area contributed by atoms with E-state index in [-0.39, 0.29) is 6.04 Å². The average molecular weight is 340 g/mol. The van der Waals surface area contributed by atoms with Crippen LogP contribution in [0.3, 0.4) is 0 Å². The summed E-state index contributed by atoms with van der Waals surface area (Å²) >= 11 is 3.59. The van der Waals surface area contributed by atoms with Crippen molar-refractivity contribution in [2.45, 2.75) is 13.0 Å². The zero-order valence-corrected chi connectivity index (χ0v) is 13.4. The van der Waals surface area contributed by atoms with Crippen molar-refractivity contribution < 1.29 is 13.9 Å². The van der Waals surface area contributed by atoms with Gasteiger partial charge in [-0.05, 0) is 36.4 Å². The van der Waals surface area contributed by atoms with E-state index in [0.29, 0.717) is 11.5 Å². The molecule has 5 heteroatoms. The third-order valence-electron chi connectivity index (χ3n) is 3.05. The van der Waals surface area contributed by atoms with Crippen LogP contribution in [-0.4, -0.2) is 20.8 Å². The standard InChI is InChI=1S/C15H18BrNO3/c1-4-17-15(12-6-5-7-20-12)10-8-13(18-2)14(19-3)9-11(10)16/h5-9,15,17H,4H2,1-3H3. The number of hydrogen-bond donors (Lipinski definition) is 1. The highest BCUT2D eigenvalue weighted by molar-refractivity contribution is 9.10. The van der Waals surface area contributed by atoms with Gasteiger partial charge in [0.25, 0.3) is 0 Å². The number of hydrogen-bond acceptors (Lipinski definition) is 4. The molecule has 108 valence electrons. The third-order valence-corrected chi connectivity index (χ3v) is 3.74. The van der Waals surface area contributed by atoms with E-state index in [4.69, 9.17) is 13.9 Å². The van der Waals surface area contributed by atoms with Crippen LogP contribution in [0.4, 0.5) is 0 Å². The van der Waals surface area contributed by atoms with Crippen LogP contribution in [-0.2, 0) is 0 Å². The van der Waals surface area contributed by atoms with Gasteiger partial charge >= 0.3 is 0 Å². The summed E-state index contributed by atoms with van der Waals surface area (Å²) in [5, 5.41) is 3.41. The highest BCUT2D eigenvalue weighted by atomic mass is 79.9. The smallest absolute Gasteiger partial charge is 0.161 e. The first-order chi connectivity index (χ1) is 9.71. The van der Waals surface area contributed by atoms with Crippen LogP contribution in [0.5, 0.6) is 11.5 Å². The van der Waals surface area contributed by atoms with Crippen molar-refractivity contribution in [1.29, 1.82) is 0 Å². The minimum atomic E-state index is -0.0378. The quantitative estimate of drug-likeness (QED) is 0.870. The Morgan fingerprint density at radius 2 is 1.95 bits per heavy atom. The molecule has 1 heterocycles. The molecule has 20 heavy (non-hydrogen) atoms. The maximum atomic E-state index is 5.53. The van der Waals surface area contributed by atoms with Crippen LogP contribution in [0.15, 0.2) is 39.4 Å². The van der Waals surface area contributed by atoms with E-state index in [1.54, 1.807) is 20.5 Å². The zero-order chi connectivity index (χ0) is 14.5. The van der Waals surface area contributed by atoms with E-state index < -0.39 is 0 Å². The largest absolute Gasteiger partial charge is 0.493 e. The van der Waals surface area contributed by atoms with Crippen LogP contribution in [0.1, 0.15) is 24.3 Å². The number of rotatable bonds is 6. The lowest BCUT2D eigenvalue weighted by molar-refractivity contribution is 0.353. The van der Waals surface area contributed by atoms with E-state index in [1.165, 1.54) is 0 Å². The SMILES string of the molecule is CCNC(c1ccco1)c1cc(OC)c(OC)cc1Br. The maximum Gasteiger partial charge on any atom is 0.161 e. The summed E-state index contributed by atoms with van der Waals surface area (Å²) in [5.74, 6) is 2.25. The summed E-state index contributed by atoms with van der Waals surface area (Å²) in [6.07, 6.45) is 1.67. The van der Waals surface area contributed by atoms with E-state index in [1.807, 2.05) is 24.3 Å². The number of nitrogens with one attached hydrogen (secondary N) is 1. The first-order valence-corrected chi connectivity index (χ1v) is 7.18. The van der Waals surface area contributed by atoms with Gasteiger partial charge in [-0.2, -0.15) is 0 Å². The molecule has 0 amide bonds. The summed E-state index contributed by atoms with van der Waals surface area (Å²) in [5.41, 5.74) is 1.04. The lowest BCUT2D eigenvalue weighted by atomic mass is 10.0. The molecule has 1 atom stereocenters. The van der Waals surface area contributed by atoms with Gasteiger partial charge in [0.05, 0.1) is 26.5 Å². The van der Waals surface area contributed by atoms with E-state index in [2.05, 4.69) is 28.2 Å². The van der Waals surface area contributed by atoms with Crippen LogP contribution in [0.2, 0.25) is 0 Å². The molecule has 0 saturated heterocycles. The third kappa shape index (κ3) is 2.99. The minimum Gasteiger partial charge on any atom is -0.493 e. The first-order valence-electron chi connectivity index (χ1n) is 6.39. The summed E-state index contributed by atoms with van der Waals surface area (Å²) in [4.78, 5) is 0. The number of halogens is 1. The summed E-state index contributed by atoms with van der Waals surface area (Å²) in [7, 11) is 3.25. The van der Waals surface area contributed by atoms with Gasteiger partial charge in [-0.15, -0.1) is 0 Å². The van der Waals surface area contributed by atoms with E-state index in [0.717, 1.165) is 22.3 Å². The molecular formula is C15H18BrNO3. The fraction of sp³-hybridized carbons (Fsp3) is 0.333. The molecule has 0 aliphatic heterocycles. The lowest BCUT2D eigenvalue weighted by Gasteiger charge is -2.19. The van der Waals surface area contributed by atoms with Crippen molar-refractivity contribution in [3.8, 4) is 11.5 Å². The maximum absolute atomic E-state index is 5.53. The normalized spacial score (nSPS) is 12.2. The number of furan rings is 1. The van der Waals surface area contributed by atoms with Gasteiger partial charge in [0.2, 0.25) is 0 Å². The lowest BCUT2D eigenvalue weighted by Crippen LogP contribution is -2.22. The van der Waals surface area contributed by atoms with Gasteiger partial charge < -0.3 is 19.2 Å². The van der Waals surface area contributed by atoms with Crippen molar-refractivity contribution in [2.75, 3.05) is 20.8 Å². The molecule has 0 radical (unpaired) electrons. The van der Waals surface area contributed by atoms with Crippen molar-refractivity contribution in [1.82, 2.24) is 5.32 Å². The Morgan fingerprint density at radius 1 is 1.25 bits per heavy atom. The number of benzene rings is 1. The molecule has 0 fully saturated rings. The molecule has 2 rings (SSSR count). The summed E-state index contributed by atoms with van der Waals surface area (Å²) in [6, 6.07) is 7.66. The molecule has 0 aliphatic rings. The van der Waals surface area contributed by atoms with Gasteiger partial charge in [-0.1, -0.05) is 22.9 Å². The number of methoxy groups -OCH3 is 2. The van der Waals surface area contributed by atoms with Gasteiger partial charge in [0, 0.05) is 4.47 Å². The Balaban J connectivity index is 2.48. The molecule has 4 nitrogen and oxygen atoms in total. The van der Waals surface area contributed by atoms with Crippen molar-refractivity contribution in [2.24, 2.45) is 0 Å². The molecule has 1 N–H and O–H groups in total. The van der Waals surface area contributed by atoms with Crippen LogP contribution >= 0.6 is 15.9 Å². The van der Waals surface area contributed by atoms with E-state index >= 15 is 0 Å². The molecule has 0 spiro atoms. The van der Waals surface area contributed by atoms with Crippen LogP contribution in [0.25, 0.3) is 0 Å². The van der Waals surface area contributed by atoms with Gasteiger partial charge in [0.15, 0.2) is 11.5 Å². The Hall–Kier alpha value is -1.46. The molecule has 0 saturated carbocycles. The Morgan fingerprint density at radius 3 is 2.50 bits per heavy atom. The predicted molar refractivity (Wildman–Crippen MR) is 81.5 cm³/mol. The minimum absolute atomic E-state index is 0.0378. The second-order valence-electron chi connectivity index (χ2n) is 4.23. The molecule has 0 aliphatic carbocycles. The Kier molecular flexibility index (Phi) is 5.09. The number of ether oxygens (including phenoxy) is 2. The molecule has 2 aromatic rings. The van der Waals surface area contributed by atoms with E-state index in [9.17, 15) is 0 Å². The fourth-order valence-corrected chi connectivity index (χ4v) is 2.67. The average Bonchev–Trinajstić information content (AvgIpc) is 2.98. The second-order valence-corrected chi connectivity index (χ2v) is 5.09. The Labute approximate surface area is 127 Å². The summed E-state index contributed by atoms with van der Waals surface area (Å²) in [6.45, 7) is 2.89. The first kappa shape index (κ1) is 14.9. The van der Waals surface area contributed by atoms with Crippen LogP contribution < -0.4 is 14.8 Å². The monoisotopic (exact) mass is 339 g/mol. The second kappa shape index (κ2) is 6.81. The molecule has 1 unspecified atom stereocenters. The highest BCUT2D eigenvalue weighted by Gasteiger charge is 2.21. The van der Waals surface area contributed by atoms with Gasteiger partial charge in [0.1, 0.15) is 5.76 Å². The molecule has 1 aromatic carbocycles. The molecule has 1 aromatic heterocycles. The van der Waals surface area contributed by atoms with Crippen LogP contribution in [0, 0.1) is 0 Å². The zero-order valence-electron chi connectivity index (χ0n) is 11.8. The van der Waals surface area contributed by atoms with Crippen molar-refractivity contribution in [3.05, 3.63) is 46.3 Å². The topological polar surface area (TPSA) is 43.6 Å². The Bertz CT molecular complexity index is 554. The van der Waals surface area contributed by atoms with Crippen molar-refractivity contribution in [3.63, 3.8) is 0 Å².